The van der Waals surface area contributed by atoms with Crippen molar-refractivity contribution in [3.8, 4) is 5.88 Å². The molecule has 1 aromatic heterocycles. The summed E-state index contributed by atoms with van der Waals surface area (Å²) < 4.78 is 45.1. The lowest BCUT2D eigenvalue weighted by Crippen LogP contribution is -2.25. The molecule has 0 aromatic carbocycles. The van der Waals surface area contributed by atoms with Crippen molar-refractivity contribution >= 4 is 5.91 Å². The van der Waals surface area contributed by atoms with E-state index in [1.54, 1.807) is 18.3 Å². The van der Waals surface area contributed by atoms with Gasteiger partial charge < -0.3 is 14.8 Å². The van der Waals surface area contributed by atoms with Crippen molar-refractivity contribution in [3.63, 3.8) is 0 Å². The van der Waals surface area contributed by atoms with Gasteiger partial charge >= 0.3 is 6.18 Å². The minimum atomic E-state index is -4.38. The van der Waals surface area contributed by atoms with E-state index >= 15 is 0 Å². The van der Waals surface area contributed by atoms with E-state index in [4.69, 9.17) is 4.74 Å². The Hall–Kier alpha value is -1.83. The predicted octanol–water partition coefficient (Wildman–Crippen LogP) is 2.07. The molecule has 1 N–H and O–H groups in total. The first-order chi connectivity index (χ1) is 9.92. The third-order valence-electron chi connectivity index (χ3n) is 2.35. The molecule has 118 valence electrons. The summed E-state index contributed by atoms with van der Waals surface area (Å²) in [6.07, 6.45) is -2.94. The fourth-order valence-corrected chi connectivity index (χ4v) is 1.46. The minimum Gasteiger partial charge on any atom is -0.478 e. The standard InChI is InChI=1S/C13H17F3N2O3/c1-2-21-12-10(4-3-6-17-12)8-18-11(19)5-7-20-9-13(14,15)16/h3-4,6H,2,5,7-9H2,1H3,(H,18,19). The van der Waals surface area contributed by atoms with Crippen LogP contribution < -0.4 is 10.1 Å². The molecule has 0 atom stereocenters. The molecule has 0 saturated heterocycles. The first-order valence-corrected chi connectivity index (χ1v) is 6.40. The first-order valence-electron chi connectivity index (χ1n) is 6.40. The van der Waals surface area contributed by atoms with Crippen molar-refractivity contribution in [2.24, 2.45) is 0 Å². The Morgan fingerprint density at radius 3 is 2.86 bits per heavy atom. The summed E-state index contributed by atoms with van der Waals surface area (Å²) in [5.74, 6) is 0.0251. The molecule has 0 saturated carbocycles. The van der Waals surface area contributed by atoms with E-state index < -0.39 is 18.7 Å². The van der Waals surface area contributed by atoms with Gasteiger partial charge in [0.2, 0.25) is 11.8 Å². The molecule has 1 aromatic rings. The lowest BCUT2D eigenvalue weighted by molar-refractivity contribution is -0.174. The van der Waals surface area contributed by atoms with Gasteiger partial charge in [-0.2, -0.15) is 13.2 Å². The summed E-state index contributed by atoms with van der Waals surface area (Å²) in [6, 6.07) is 3.45. The number of carbonyl (C=O) groups excluding carboxylic acids is 1. The Balaban J connectivity index is 2.30. The smallest absolute Gasteiger partial charge is 0.411 e. The van der Waals surface area contributed by atoms with E-state index in [-0.39, 0.29) is 19.6 Å². The van der Waals surface area contributed by atoms with Crippen LogP contribution in [-0.2, 0) is 16.1 Å². The minimum absolute atomic E-state index is 0.139. The number of pyridine rings is 1. The quantitative estimate of drug-likeness (QED) is 0.747. The number of amides is 1. The van der Waals surface area contributed by atoms with Crippen LogP contribution in [0.4, 0.5) is 13.2 Å². The van der Waals surface area contributed by atoms with Crippen LogP contribution in [0.3, 0.4) is 0 Å². The van der Waals surface area contributed by atoms with Crippen molar-refractivity contribution in [1.29, 1.82) is 0 Å². The van der Waals surface area contributed by atoms with E-state index in [0.29, 0.717) is 18.1 Å². The highest BCUT2D eigenvalue weighted by atomic mass is 19.4. The molecule has 0 bridgehead atoms. The van der Waals surface area contributed by atoms with Crippen LogP contribution in [0.25, 0.3) is 0 Å². The zero-order valence-corrected chi connectivity index (χ0v) is 11.6. The van der Waals surface area contributed by atoms with Gasteiger partial charge in [0.1, 0.15) is 6.61 Å². The molecule has 0 aliphatic rings. The van der Waals surface area contributed by atoms with Gasteiger partial charge in [-0.25, -0.2) is 4.98 Å². The van der Waals surface area contributed by atoms with Gasteiger partial charge in [0.15, 0.2) is 0 Å². The van der Waals surface area contributed by atoms with E-state index in [9.17, 15) is 18.0 Å². The lowest BCUT2D eigenvalue weighted by Gasteiger charge is -2.10. The van der Waals surface area contributed by atoms with Crippen LogP contribution in [0, 0.1) is 0 Å². The van der Waals surface area contributed by atoms with Crippen LogP contribution in [0.1, 0.15) is 18.9 Å². The van der Waals surface area contributed by atoms with E-state index in [1.807, 2.05) is 6.92 Å². The molecule has 0 aliphatic heterocycles. The largest absolute Gasteiger partial charge is 0.478 e. The van der Waals surface area contributed by atoms with E-state index in [1.165, 1.54) is 0 Å². The second-order valence-electron chi connectivity index (χ2n) is 4.10. The summed E-state index contributed by atoms with van der Waals surface area (Å²) >= 11 is 0. The highest BCUT2D eigenvalue weighted by Gasteiger charge is 2.27. The van der Waals surface area contributed by atoms with Crippen LogP contribution >= 0.6 is 0 Å². The maximum Gasteiger partial charge on any atom is 0.411 e. The summed E-state index contributed by atoms with van der Waals surface area (Å²) in [5, 5.41) is 2.58. The number of hydrogen-bond donors (Lipinski definition) is 1. The first kappa shape index (κ1) is 17.2. The normalized spacial score (nSPS) is 11.2. The molecule has 0 fully saturated rings. The number of nitrogens with zero attached hydrogens (tertiary/aromatic N) is 1. The molecule has 0 unspecified atom stereocenters. The van der Waals surface area contributed by atoms with Gasteiger partial charge in [0, 0.05) is 24.7 Å². The van der Waals surface area contributed by atoms with Gasteiger partial charge in [0.25, 0.3) is 0 Å². The van der Waals surface area contributed by atoms with Crippen LogP contribution in [0.5, 0.6) is 5.88 Å². The molecule has 1 amide bonds. The Labute approximate surface area is 120 Å². The van der Waals surface area contributed by atoms with Gasteiger partial charge in [-0.3, -0.25) is 4.79 Å². The van der Waals surface area contributed by atoms with Crippen molar-refractivity contribution < 1.29 is 27.4 Å². The van der Waals surface area contributed by atoms with Crippen molar-refractivity contribution in [3.05, 3.63) is 23.9 Å². The average Bonchev–Trinajstić information content (AvgIpc) is 2.42. The fourth-order valence-electron chi connectivity index (χ4n) is 1.46. The molecule has 1 heterocycles. The number of halogens is 3. The van der Waals surface area contributed by atoms with Gasteiger partial charge in [-0.15, -0.1) is 0 Å². The van der Waals surface area contributed by atoms with E-state index in [0.717, 1.165) is 0 Å². The Morgan fingerprint density at radius 2 is 2.19 bits per heavy atom. The average molecular weight is 306 g/mol. The monoisotopic (exact) mass is 306 g/mol. The molecule has 0 aliphatic carbocycles. The Kier molecular flexibility index (Phi) is 6.93. The fraction of sp³-hybridized carbons (Fsp3) is 0.538. The molecule has 21 heavy (non-hydrogen) atoms. The van der Waals surface area contributed by atoms with Crippen molar-refractivity contribution in [1.82, 2.24) is 10.3 Å². The molecule has 1 rings (SSSR count). The maximum absolute atomic E-state index is 11.8. The second kappa shape index (κ2) is 8.46. The number of rotatable bonds is 8. The Morgan fingerprint density at radius 1 is 1.43 bits per heavy atom. The van der Waals surface area contributed by atoms with Crippen LogP contribution in [-0.4, -0.2) is 36.9 Å². The summed E-state index contributed by atoms with van der Waals surface area (Å²) in [7, 11) is 0. The number of ether oxygens (including phenoxy) is 2. The Bertz CT molecular complexity index is 453. The molecule has 0 radical (unpaired) electrons. The predicted molar refractivity (Wildman–Crippen MR) is 68.7 cm³/mol. The second-order valence-corrected chi connectivity index (χ2v) is 4.10. The van der Waals surface area contributed by atoms with Gasteiger partial charge in [-0.05, 0) is 13.0 Å². The summed E-state index contributed by atoms with van der Waals surface area (Å²) in [4.78, 5) is 15.5. The van der Waals surface area contributed by atoms with Crippen molar-refractivity contribution in [2.75, 3.05) is 19.8 Å². The number of hydrogen-bond acceptors (Lipinski definition) is 4. The zero-order valence-electron chi connectivity index (χ0n) is 11.6. The highest BCUT2D eigenvalue weighted by Crippen LogP contribution is 2.15. The highest BCUT2D eigenvalue weighted by molar-refractivity contribution is 5.76. The van der Waals surface area contributed by atoms with Crippen molar-refractivity contribution in [2.45, 2.75) is 26.1 Å². The summed E-state index contributed by atoms with van der Waals surface area (Å²) in [5.41, 5.74) is 0.698. The number of carbonyl (C=O) groups is 1. The molecule has 8 heteroatoms. The third-order valence-corrected chi connectivity index (χ3v) is 2.35. The van der Waals surface area contributed by atoms with Crippen LogP contribution in [0.15, 0.2) is 18.3 Å². The van der Waals surface area contributed by atoms with E-state index in [2.05, 4.69) is 15.0 Å². The molecular formula is C13H17F3N2O3. The van der Waals surface area contributed by atoms with Gasteiger partial charge in [-0.1, -0.05) is 6.07 Å². The number of nitrogens with one attached hydrogen (secondary N) is 1. The lowest BCUT2D eigenvalue weighted by atomic mass is 10.2. The van der Waals surface area contributed by atoms with Gasteiger partial charge in [0.05, 0.1) is 13.2 Å². The zero-order chi connectivity index (χ0) is 15.7. The number of aromatic nitrogens is 1. The van der Waals surface area contributed by atoms with Crippen LogP contribution in [0.2, 0.25) is 0 Å². The summed E-state index contributed by atoms with van der Waals surface area (Å²) in [6.45, 7) is 0.827. The third kappa shape index (κ3) is 7.50. The topological polar surface area (TPSA) is 60.5 Å². The number of alkyl halides is 3. The molecular weight excluding hydrogens is 289 g/mol. The SMILES string of the molecule is CCOc1ncccc1CNC(=O)CCOCC(F)(F)F. The maximum atomic E-state index is 11.8. The molecule has 5 nitrogen and oxygen atoms in total. The molecule has 0 spiro atoms.